The van der Waals surface area contributed by atoms with Gasteiger partial charge in [-0.05, 0) is 31.5 Å². The SMILES string of the molecule is Cc1ccnc(OC[C@@H]2CCS(=O)(=O)C23CN(C(=O)c2cc4ccccc4[nH]2)C3)n1. The molecular weight excluding hydrogens is 404 g/mol. The minimum absolute atomic E-state index is 0.115. The van der Waals surface area contributed by atoms with Crippen LogP contribution in [0.15, 0.2) is 42.6 Å². The number of ether oxygens (including phenoxy) is 1. The van der Waals surface area contributed by atoms with Crippen molar-refractivity contribution in [3.8, 4) is 6.01 Å². The molecule has 2 fully saturated rings. The zero-order valence-corrected chi connectivity index (χ0v) is 17.4. The quantitative estimate of drug-likeness (QED) is 0.684. The number of nitrogens with one attached hydrogen (secondary N) is 1. The van der Waals surface area contributed by atoms with Crippen molar-refractivity contribution in [1.29, 1.82) is 0 Å². The summed E-state index contributed by atoms with van der Waals surface area (Å²) in [6.45, 7) is 2.44. The minimum atomic E-state index is -3.31. The molecule has 3 aromatic rings. The molecule has 2 aliphatic heterocycles. The van der Waals surface area contributed by atoms with Crippen LogP contribution in [0.2, 0.25) is 0 Å². The van der Waals surface area contributed by atoms with Crippen LogP contribution in [0, 0.1) is 12.8 Å². The van der Waals surface area contributed by atoms with E-state index in [1.165, 1.54) is 0 Å². The monoisotopic (exact) mass is 426 g/mol. The van der Waals surface area contributed by atoms with Gasteiger partial charge in [-0.3, -0.25) is 4.79 Å². The second-order valence-corrected chi connectivity index (χ2v) is 10.5. The van der Waals surface area contributed by atoms with Gasteiger partial charge in [0.05, 0.1) is 12.4 Å². The smallest absolute Gasteiger partial charge is 0.316 e. The predicted molar refractivity (Wildman–Crippen MR) is 111 cm³/mol. The Morgan fingerprint density at radius 2 is 2.10 bits per heavy atom. The Morgan fingerprint density at radius 3 is 2.87 bits per heavy atom. The van der Waals surface area contributed by atoms with Crippen molar-refractivity contribution in [1.82, 2.24) is 19.9 Å². The first-order valence-electron chi connectivity index (χ1n) is 9.90. The van der Waals surface area contributed by atoms with E-state index in [-0.39, 0.29) is 43.3 Å². The number of carbonyl (C=O) groups excluding carboxylic acids is 1. The number of fused-ring (bicyclic) bond motifs is 1. The summed E-state index contributed by atoms with van der Waals surface area (Å²) in [5.41, 5.74) is 2.14. The number of aromatic nitrogens is 3. The number of benzene rings is 1. The maximum absolute atomic E-state index is 12.9. The van der Waals surface area contributed by atoms with Crippen molar-refractivity contribution in [2.24, 2.45) is 5.92 Å². The summed E-state index contributed by atoms with van der Waals surface area (Å²) in [6, 6.07) is 11.5. The van der Waals surface area contributed by atoms with Gasteiger partial charge < -0.3 is 14.6 Å². The second kappa shape index (κ2) is 6.80. The van der Waals surface area contributed by atoms with Gasteiger partial charge in [-0.1, -0.05) is 18.2 Å². The Hall–Kier alpha value is -2.94. The van der Waals surface area contributed by atoms with Crippen LogP contribution >= 0.6 is 0 Å². The van der Waals surface area contributed by atoms with Gasteiger partial charge in [0, 0.05) is 41.8 Å². The molecule has 9 heteroatoms. The van der Waals surface area contributed by atoms with Crippen LogP contribution in [0.3, 0.4) is 0 Å². The van der Waals surface area contributed by atoms with Crippen LogP contribution in [-0.2, 0) is 9.84 Å². The average Bonchev–Trinajstić information content (AvgIpc) is 3.23. The normalized spacial score (nSPS) is 21.6. The zero-order chi connectivity index (χ0) is 20.9. The number of sulfone groups is 1. The molecule has 4 heterocycles. The Balaban J connectivity index is 1.32. The molecule has 2 aliphatic rings. The van der Waals surface area contributed by atoms with Gasteiger partial charge in [-0.2, -0.15) is 0 Å². The lowest BCUT2D eigenvalue weighted by molar-refractivity contribution is 0.0399. The second-order valence-electron chi connectivity index (χ2n) is 8.09. The van der Waals surface area contributed by atoms with Crippen LogP contribution < -0.4 is 4.74 Å². The number of H-pyrrole nitrogens is 1. The van der Waals surface area contributed by atoms with Gasteiger partial charge in [0.2, 0.25) is 0 Å². The van der Waals surface area contributed by atoms with Gasteiger partial charge in [0.15, 0.2) is 9.84 Å². The summed E-state index contributed by atoms with van der Waals surface area (Å²) in [5.74, 6) is -0.261. The van der Waals surface area contributed by atoms with Crippen LogP contribution in [0.25, 0.3) is 10.9 Å². The van der Waals surface area contributed by atoms with E-state index in [0.717, 1.165) is 16.6 Å². The highest BCUT2D eigenvalue weighted by molar-refractivity contribution is 7.93. The summed E-state index contributed by atoms with van der Waals surface area (Å²) < 4.78 is 30.5. The van der Waals surface area contributed by atoms with Gasteiger partial charge in [-0.15, -0.1) is 0 Å². The van der Waals surface area contributed by atoms with E-state index < -0.39 is 14.6 Å². The molecule has 0 bridgehead atoms. The number of nitrogens with zero attached hydrogens (tertiary/aromatic N) is 3. The van der Waals surface area contributed by atoms with E-state index in [4.69, 9.17) is 4.74 Å². The average molecular weight is 426 g/mol. The molecule has 0 radical (unpaired) electrons. The van der Waals surface area contributed by atoms with E-state index in [0.29, 0.717) is 12.1 Å². The predicted octanol–water partition coefficient (Wildman–Crippen LogP) is 1.97. The molecule has 1 spiro atoms. The van der Waals surface area contributed by atoms with Gasteiger partial charge >= 0.3 is 6.01 Å². The Kier molecular flexibility index (Phi) is 4.32. The number of likely N-dealkylation sites (tertiary alicyclic amines) is 1. The van der Waals surface area contributed by atoms with E-state index in [1.54, 1.807) is 17.2 Å². The van der Waals surface area contributed by atoms with Gasteiger partial charge in [-0.25, -0.2) is 18.4 Å². The first-order valence-corrected chi connectivity index (χ1v) is 11.5. The third-order valence-corrected chi connectivity index (χ3v) is 8.85. The maximum atomic E-state index is 12.9. The lowest BCUT2D eigenvalue weighted by Gasteiger charge is -2.49. The molecule has 1 N–H and O–H groups in total. The van der Waals surface area contributed by atoms with Gasteiger partial charge in [0.1, 0.15) is 10.4 Å². The number of amides is 1. The number of aromatic amines is 1. The lowest BCUT2D eigenvalue weighted by atomic mass is 9.83. The number of rotatable bonds is 4. The summed E-state index contributed by atoms with van der Waals surface area (Å²) >= 11 is 0. The van der Waals surface area contributed by atoms with Crippen molar-refractivity contribution < 1.29 is 17.9 Å². The van der Waals surface area contributed by atoms with E-state index in [2.05, 4.69) is 15.0 Å². The Labute approximate surface area is 174 Å². The molecule has 1 amide bonds. The largest absolute Gasteiger partial charge is 0.463 e. The highest BCUT2D eigenvalue weighted by atomic mass is 32.2. The highest BCUT2D eigenvalue weighted by Gasteiger charge is 2.62. The van der Waals surface area contributed by atoms with E-state index in [9.17, 15) is 13.2 Å². The molecule has 2 saturated heterocycles. The molecule has 1 aromatic carbocycles. The standard InChI is InChI=1S/C21H22N4O4S/c1-14-6-8-22-20(23-14)29-11-16-7-9-30(27,28)21(16)12-25(13-21)19(26)18-10-15-4-2-3-5-17(15)24-18/h2-6,8,10,16,24H,7,9,11-13H2,1H3/t16-/m0/s1. The van der Waals surface area contributed by atoms with Crippen molar-refractivity contribution in [2.75, 3.05) is 25.4 Å². The van der Waals surface area contributed by atoms with Crippen molar-refractivity contribution in [3.05, 3.63) is 54.0 Å². The van der Waals surface area contributed by atoms with Crippen LogP contribution in [0.4, 0.5) is 0 Å². The maximum Gasteiger partial charge on any atom is 0.316 e. The lowest BCUT2D eigenvalue weighted by Crippen LogP contribution is -2.69. The summed E-state index contributed by atoms with van der Waals surface area (Å²) in [4.78, 5) is 25.9. The topological polar surface area (TPSA) is 105 Å². The number of para-hydroxylation sites is 1. The minimum Gasteiger partial charge on any atom is -0.463 e. The molecule has 8 nitrogen and oxygen atoms in total. The van der Waals surface area contributed by atoms with Crippen LogP contribution in [-0.4, -0.2) is 64.4 Å². The molecule has 0 aliphatic carbocycles. The Bertz CT molecular complexity index is 1200. The molecule has 5 rings (SSSR count). The molecule has 2 aromatic heterocycles. The summed E-state index contributed by atoms with van der Waals surface area (Å²) in [7, 11) is -3.31. The van der Waals surface area contributed by atoms with E-state index >= 15 is 0 Å². The molecule has 0 unspecified atom stereocenters. The number of aryl methyl sites for hydroxylation is 1. The summed E-state index contributed by atoms with van der Waals surface area (Å²) in [5, 5.41) is 0.953. The fraction of sp³-hybridized carbons (Fsp3) is 0.381. The van der Waals surface area contributed by atoms with Crippen LogP contribution in [0.1, 0.15) is 22.6 Å². The highest BCUT2D eigenvalue weighted by Crippen LogP contribution is 2.45. The molecule has 1 atom stereocenters. The first-order chi connectivity index (χ1) is 14.4. The third kappa shape index (κ3) is 2.96. The molecule has 0 saturated carbocycles. The fourth-order valence-electron chi connectivity index (χ4n) is 4.48. The third-order valence-electron chi connectivity index (χ3n) is 6.25. The fourth-order valence-corrected chi connectivity index (χ4v) is 6.88. The van der Waals surface area contributed by atoms with Crippen molar-refractivity contribution >= 4 is 26.6 Å². The summed E-state index contributed by atoms with van der Waals surface area (Å²) in [6.07, 6.45) is 2.13. The van der Waals surface area contributed by atoms with Crippen molar-refractivity contribution in [3.63, 3.8) is 0 Å². The number of carbonyl (C=O) groups is 1. The number of hydrogen-bond acceptors (Lipinski definition) is 6. The Morgan fingerprint density at radius 1 is 1.30 bits per heavy atom. The molecule has 30 heavy (non-hydrogen) atoms. The van der Waals surface area contributed by atoms with Crippen LogP contribution in [0.5, 0.6) is 6.01 Å². The van der Waals surface area contributed by atoms with Gasteiger partial charge in [0.25, 0.3) is 5.91 Å². The molecule has 156 valence electrons. The number of hydrogen-bond donors (Lipinski definition) is 1. The molecular formula is C21H22N4O4S. The van der Waals surface area contributed by atoms with Crippen molar-refractivity contribution in [2.45, 2.75) is 18.1 Å². The van der Waals surface area contributed by atoms with E-state index in [1.807, 2.05) is 37.3 Å². The first kappa shape index (κ1) is 19.0. The zero-order valence-electron chi connectivity index (χ0n) is 16.5.